The molecule has 0 bridgehead atoms. The lowest BCUT2D eigenvalue weighted by Crippen LogP contribution is -2.27. The van der Waals surface area contributed by atoms with Crippen molar-refractivity contribution < 1.29 is 32.4 Å². The minimum Gasteiger partial charge on any atom is -0.457 e. The Morgan fingerprint density at radius 2 is 1.84 bits per heavy atom. The predicted molar refractivity (Wildman–Crippen MR) is 109 cm³/mol. The molecule has 10 heteroatoms. The first-order valence-electron chi connectivity index (χ1n) is 9.72. The summed E-state index contributed by atoms with van der Waals surface area (Å²) in [7, 11) is 0. The van der Waals surface area contributed by atoms with E-state index in [2.05, 4.69) is 10.5 Å². The van der Waals surface area contributed by atoms with Crippen LogP contribution in [0.3, 0.4) is 0 Å². The van der Waals surface area contributed by atoms with Crippen molar-refractivity contribution in [2.75, 3.05) is 13.2 Å². The zero-order chi connectivity index (χ0) is 23.4. The predicted octanol–water partition coefficient (Wildman–Crippen LogP) is 3.21. The van der Waals surface area contributed by atoms with Crippen molar-refractivity contribution in [1.82, 2.24) is 15.0 Å². The van der Waals surface area contributed by atoms with E-state index in [-0.39, 0.29) is 18.5 Å². The van der Waals surface area contributed by atoms with Crippen LogP contribution in [0.5, 0.6) is 0 Å². The molecular weight excluding hydrogens is 424 g/mol. The number of ether oxygens (including phenoxy) is 1. The molecule has 32 heavy (non-hydrogen) atoms. The van der Waals surface area contributed by atoms with Gasteiger partial charge in [0.05, 0.1) is 12.0 Å². The number of aromatic nitrogens is 2. The zero-order valence-corrected chi connectivity index (χ0v) is 17.7. The summed E-state index contributed by atoms with van der Waals surface area (Å²) in [5.74, 6) is -2.53. The zero-order valence-electron chi connectivity index (χ0n) is 17.7. The van der Waals surface area contributed by atoms with Gasteiger partial charge >= 0.3 is 5.97 Å². The number of aryl methyl sites for hydroxylation is 2. The van der Waals surface area contributed by atoms with Crippen LogP contribution in [0.25, 0.3) is 5.82 Å². The number of hydrogen-bond donors (Lipinski definition) is 1. The Morgan fingerprint density at radius 3 is 2.50 bits per heavy atom. The second-order valence-electron chi connectivity index (χ2n) is 7.13. The molecular formula is C22H21F2N3O5. The molecule has 0 aliphatic heterocycles. The topological polar surface area (TPSA) is 103 Å². The number of rotatable bonds is 8. The maximum absolute atomic E-state index is 13.6. The third-order valence-corrected chi connectivity index (χ3v) is 4.73. The van der Waals surface area contributed by atoms with Gasteiger partial charge in [-0.2, -0.15) is 0 Å². The molecule has 3 rings (SSSR count). The van der Waals surface area contributed by atoms with Crippen LogP contribution in [0, 0.1) is 32.4 Å². The fraction of sp³-hybridized carbons (Fsp3) is 0.273. The molecule has 0 spiro atoms. The Balaban J connectivity index is 1.51. The Kier molecular flexibility index (Phi) is 6.82. The van der Waals surface area contributed by atoms with E-state index in [1.54, 1.807) is 30.5 Å². The number of nitrogens with one attached hydrogen (secondary N) is 1. The molecule has 3 aromatic rings. The summed E-state index contributed by atoms with van der Waals surface area (Å²) in [6.45, 7) is 4.71. The first-order chi connectivity index (χ1) is 15.2. The molecule has 8 nitrogen and oxygen atoms in total. The molecule has 2 heterocycles. The highest BCUT2D eigenvalue weighted by molar-refractivity contribution is 5.99. The van der Waals surface area contributed by atoms with Crippen LogP contribution in [0.4, 0.5) is 8.78 Å². The van der Waals surface area contributed by atoms with Crippen LogP contribution in [0.15, 0.2) is 34.9 Å². The minimum absolute atomic E-state index is 0.136. The smallest absolute Gasteiger partial charge is 0.308 e. The summed E-state index contributed by atoms with van der Waals surface area (Å²) in [6.07, 6.45) is -0.223. The van der Waals surface area contributed by atoms with Gasteiger partial charge in [0.2, 0.25) is 5.78 Å². The number of hydrogen-bond acceptors (Lipinski definition) is 6. The summed E-state index contributed by atoms with van der Waals surface area (Å²) >= 11 is 0. The molecule has 0 aliphatic rings. The van der Waals surface area contributed by atoms with Gasteiger partial charge in [-0.1, -0.05) is 5.16 Å². The lowest BCUT2D eigenvalue weighted by molar-refractivity contribution is -0.142. The van der Waals surface area contributed by atoms with Crippen molar-refractivity contribution in [1.29, 1.82) is 0 Å². The van der Waals surface area contributed by atoms with Gasteiger partial charge in [-0.05, 0) is 39.0 Å². The Labute approximate surface area is 182 Å². The second kappa shape index (κ2) is 9.54. The minimum atomic E-state index is -1.01. The molecule has 0 radical (unpaired) electrons. The molecule has 0 saturated carbocycles. The summed E-state index contributed by atoms with van der Waals surface area (Å²) in [4.78, 5) is 36.3. The molecule has 0 saturated heterocycles. The molecule has 0 unspecified atom stereocenters. The molecule has 1 amide bonds. The highest BCUT2D eigenvalue weighted by atomic mass is 19.1. The molecule has 2 aromatic heterocycles. The monoisotopic (exact) mass is 445 g/mol. The summed E-state index contributed by atoms with van der Waals surface area (Å²) in [5.41, 5.74) is 1.44. The number of ketones is 1. The number of benzene rings is 1. The standard InChI is InChI=1S/C22H21F2N3O5/c1-12-8-17(14(3)27(12)20-9-13(2)32-26-20)19(28)11-31-21(29)6-7-25-22(30)16-5-4-15(23)10-18(16)24/h4-5,8-10H,6-7,11H2,1-3H3,(H,25,30). The van der Waals surface area contributed by atoms with Crippen LogP contribution in [0.1, 0.15) is 44.3 Å². The van der Waals surface area contributed by atoms with E-state index in [0.717, 1.165) is 17.8 Å². The molecule has 1 aromatic carbocycles. The van der Waals surface area contributed by atoms with Gasteiger partial charge in [0.25, 0.3) is 5.91 Å². The van der Waals surface area contributed by atoms with E-state index in [0.29, 0.717) is 28.9 Å². The van der Waals surface area contributed by atoms with Crippen molar-refractivity contribution in [3.05, 3.63) is 70.2 Å². The SMILES string of the molecule is Cc1cc(-n2c(C)cc(C(=O)COC(=O)CCNC(=O)c3ccc(F)cc3F)c2C)no1. The van der Waals surface area contributed by atoms with Gasteiger partial charge in [-0.25, -0.2) is 8.78 Å². The molecule has 0 aliphatic carbocycles. The van der Waals surface area contributed by atoms with E-state index in [9.17, 15) is 23.2 Å². The fourth-order valence-corrected chi connectivity index (χ4v) is 3.20. The van der Waals surface area contributed by atoms with Crippen LogP contribution < -0.4 is 5.32 Å². The average molecular weight is 445 g/mol. The molecule has 168 valence electrons. The van der Waals surface area contributed by atoms with Gasteiger partial charge in [0.1, 0.15) is 17.4 Å². The molecule has 0 atom stereocenters. The normalized spacial score (nSPS) is 10.8. The van der Waals surface area contributed by atoms with Crippen molar-refractivity contribution in [3.63, 3.8) is 0 Å². The van der Waals surface area contributed by atoms with Gasteiger partial charge in [0.15, 0.2) is 12.4 Å². The van der Waals surface area contributed by atoms with E-state index in [1.807, 2.05) is 6.92 Å². The largest absolute Gasteiger partial charge is 0.457 e. The lowest BCUT2D eigenvalue weighted by Gasteiger charge is -2.07. The Morgan fingerprint density at radius 1 is 1.09 bits per heavy atom. The van der Waals surface area contributed by atoms with Gasteiger partial charge in [-0.3, -0.25) is 19.0 Å². The van der Waals surface area contributed by atoms with E-state index in [1.165, 1.54) is 0 Å². The number of carbonyl (C=O) groups is 3. The first-order valence-corrected chi connectivity index (χ1v) is 9.72. The number of amides is 1. The highest BCUT2D eigenvalue weighted by Gasteiger charge is 2.20. The third kappa shape index (κ3) is 5.08. The summed E-state index contributed by atoms with van der Waals surface area (Å²) < 4.78 is 38.3. The van der Waals surface area contributed by atoms with Gasteiger partial charge in [-0.15, -0.1) is 0 Å². The number of halogens is 2. The quantitative estimate of drug-likeness (QED) is 0.422. The molecule has 1 N–H and O–H groups in total. The number of Topliss-reactive ketones (excluding diaryl/α,β-unsaturated/α-hetero) is 1. The van der Waals surface area contributed by atoms with Crippen LogP contribution in [-0.4, -0.2) is 40.5 Å². The second-order valence-corrected chi connectivity index (χ2v) is 7.13. The molecule has 0 fully saturated rings. The van der Waals surface area contributed by atoms with Gasteiger partial charge in [0, 0.05) is 35.6 Å². The van der Waals surface area contributed by atoms with Crippen LogP contribution >= 0.6 is 0 Å². The summed E-state index contributed by atoms with van der Waals surface area (Å²) in [6, 6.07) is 5.97. The lowest BCUT2D eigenvalue weighted by atomic mass is 10.1. The van der Waals surface area contributed by atoms with E-state index >= 15 is 0 Å². The van der Waals surface area contributed by atoms with Crippen LogP contribution in [0.2, 0.25) is 0 Å². The summed E-state index contributed by atoms with van der Waals surface area (Å²) in [5, 5.41) is 6.29. The number of esters is 1. The third-order valence-electron chi connectivity index (χ3n) is 4.73. The van der Waals surface area contributed by atoms with Crippen molar-refractivity contribution in [2.24, 2.45) is 0 Å². The Bertz CT molecular complexity index is 1180. The average Bonchev–Trinajstić information content (AvgIpc) is 3.28. The highest BCUT2D eigenvalue weighted by Crippen LogP contribution is 2.21. The maximum atomic E-state index is 13.6. The first kappa shape index (κ1) is 22.9. The van der Waals surface area contributed by atoms with Crippen LogP contribution in [-0.2, 0) is 9.53 Å². The number of nitrogens with zero attached hydrogens (tertiary/aromatic N) is 2. The van der Waals surface area contributed by atoms with Crippen molar-refractivity contribution >= 4 is 17.7 Å². The van der Waals surface area contributed by atoms with E-state index in [4.69, 9.17) is 9.26 Å². The van der Waals surface area contributed by atoms with Gasteiger partial charge < -0.3 is 14.6 Å². The fourth-order valence-electron chi connectivity index (χ4n) is 3.20. The van der Waals surface area contributed by atoms with Crippen molar-refractivity contribution in [2.45, 2.75) is 27.2 Å². The van der Waals surface area contributed by atoms with E-state index < -0.39 is 35.9 Å². The maximum Gasteiger partial charge on any atom is 0.308 e. The van der Waals surface area contributed by atoms with Crippen molar-refractivity contribution in [3.8, 4) is 5.82 Å². The number of carbonyl (C=O) groups excluding carboxylic acids is 3. The Hall–Kier alpha value is -3.82.